The number of thiophene rings is 1. The maximum absolute atomic E-state index is 12.8. The van der Waals surface area contributed by atoms with E-state index in [1.54, 1.807) is 6.92 Å². The Morgan fingerprint density at radius 3 is 2.36 bits per heavy atom. The van der Waals surface area contributed by atoms with Gasteiger partial charge in [0.1, 0.15) is 6.04 Å². The second-order valence-electron chi connectivity index (χ2n) is 5.20. The molecule has 0 aliphatic carbocycles. The van der Waals surface area contributed by atoms with Crippen molar-refractivity contribution < 1.29 is 14.7 Å². The molecule has 0 saturated carbocycles. The van der Waals surface area contributed by atoms with Crippen LogP contribution in [0.3, 0.4) is 0 Å². The topological polar surface area (TPSA) is 57.6 Å². The van der Waals surface area contributed by atoms with Crippen LogP contribution >= 0.6 is 11.3 Å². The first-order valence-electron chi connectivity index (χ1n) is 7.11. The molecule has 5 heteroatoms. The summed E-state index contributed by atoms with van der Waals surface area (Å²) in [6.45, 7) is 3.66. The van der Waals surface area contributed by atoms with E-state index < -0.39 is 12.0 Å². The van der Waals surface area contributed by atoms with Crippen molar-refractivity contribution in [2.45, 2.75) is 32.4 Å². The van der Waals surface area contributed by atoms with E-state index in [-0.39, 0.29) is 11.8 Å². The molecule has 0 aliphatic heterocycles. The van der Waals surface area contributed by atoms with Gasteiger partial charge in [-0.1, -0.05) is 36.4 Å². The van der Waals surface area contributed by atoms with E-state index in [0.717, 1.165) is 10.4 Å². The van der Waals surface area contributed by atoms with Crippen molar-refractivity contribution in [2.75, 3.05) is 0 Å². The molecule has 0 spiro atoms. The molecule has 1 amide bonds. The van der Waals surface area contributed by atoms with Gasteiger partial charge >= 0.3 is 5.97 Å². The Morgan fingerprint density at radius 1 is 1.14 bits per heavy atom. The minimum absolute atomic E-state index is 0.166. The smallest absolute Gasteiger partial charge is 0.326 e. The molecule has 1 N–H and O–H groups in total. The summed E-state index contributed by atoms with van der Waals surface area (Å²) in [5, 5.41) is 11.2. The summed E-state index contributed by atoms with van der Waals surface area (Å²) in [4.78, 5) is 26.5. The van der Waals surface area contributed by atoms with Gasteiger partial charge in [-0.2, -0.15) is 0 Å². The summed E-state index contributed by atoms with van der Waals surface area (Å²) in [5.41, 5.74) is 0.919. The van der Waals surface area contributed by atoms with Crippen LogP contribution in [0.15, 0.2) is 47.8 Å². The molecule has 4 nitrogen and oxygen atoms in total. The Hall–Kier alpha value is -2.14. The highest BCUT2D eigenvalue weighted by Crippen LogP contribution is 2.24. The molecule has 0 fully saturated rings. The highest BCUT2D eigenvalue weighted by atomic mass is 32.1. The van der Waals surface area contributed by atoms with Crippen LogP contribution in [0.4, 0.5) is 0 Å². The number of benzene rings is 1. The van der Waals surface area contributed by atoms with E-state index in [2.05, 4.69) is 0 Å². The van der Waals surface area contributed by atoms with Crippen LogP contribution in [-0.2, 0) is 16.1 Å². The third-order valence-corrected chi connectivity index (χ3v) is 4.70. The highest BCUT2D eigenvalue weighted by Gasteiger charge is 2.30. The molecule has 116 valence electrons. The summed E-state index contributed by atoms with van der Waals surface area (Å²) in [5.74, 6) is -1.51. The zero-order chi connectivity index (χ0) is 16.1. The van der Waals surface area contributed by atoms with E-state index in [0.29, 0.717) is 6.54 Å². The first-order chi connectivity index (χ1) is 10.5. The molecule has 1 heterocycles. The van der Waals surface area contributed by atoms with Gasteiger partial charge in [-0.25, -0.2) is 4.79 Å². The number of carboxylic acids is 1. The van der Waals surface area contributed by atoms with Gasteiger partial charge in [-0.15, -0.1) is 11.3 Å². The van der Waals surface area contributed by atoms with Gasteiger partial charge in [0.15, 0.2) is 0 Å². The largest absolute Gasteiger partial charge is 0.480 e. The van der Waals surface area contributed by atoms with Crippen molar-refractivity contribution >= 4 is 23.2 Å². The second kappa shape index (κ2) is 7.22. The molecule has 1 aromatic carbocycles. The molecule has 22 heavy (non-hydrogen) atoms. The predicted molar refractivity (Wildman–Crippen MR) is 86.8 cm³/mol. The number of carbonyl (C=O) groups is 2. The van der Waals surface area contributed by atoms with E-state index in [1.807, 2.05) is 54.8 Å². The van der Waals surface area contributed by atoms with E-state index in [4.69, 9.17) is 0 Å². The summed E-state index contributed by atoms with van der Waals surface area (Å²) in [6.07, 6.45) is 0. The zero-order valence-corrected chi connectivity index (χ0v) is 13.4. The summed E-state index contributed by atoms with van der Waals surface area (Å²) in [6, 6.07) is 12.4. The van der Waals surface area contributed by atoms with Crippen LogP contribution in [0.25, 0.3) is 0 Å². The number of aliphatic carboxylic acids is 1. The lowest BCUT2D eigenvalue weighted by Crippen LogP contribution is -2.44. The summed E-state index contributed by atoms with van der Waals surface area (Å²) < 4.78 is 0. The number of hydrogen-bond donors (Lipinski definition) is 1. The number of carbonyl (C=O) groups excluding carboxylic acids is 1. The third-order valence-electron chi connectivity index (χ3n) is 3.64. The Labute approximate surface area is 134 Å². The molecular formula is C17H19NO3S. The Bertz CT molecular complexity index is 625. The van der Waals surface area contributed by atoms with Crippen molar-refractivity contribution in [1.29, 1.82) is 0 Å². The fraction of sp³-hybridized carbons (Fsp3) is 0.294. The van der Waals surface area contributed by atoms with Crippen LogP contribution in [0.2, 0.25) is 0 Å². The molecule has 0 saturated heterocycles. The van der Waals surface area contributed by atoms with Crippen LogP contribution in [0, 0.1) is 0 Å². The maximum Gasteiger partial charge on any atom is 0.326 e. The molecular weight excluding hydrogens is 298 g/mol. The average molecular weight is 317 g/mol. The number of amides is 1. The summed E-state index contributed by atoms with van der Waals surface area (Å²) >= 11 is 1.51. The van der Waals surface area contributed by atoms with Gasteiger partial charge in [0, 0.05) is 11.4 Å². The quantitative estimate of drug-likeness (QED) is 0.889. The number of rotatable bonds is 6. The van der Waals surface area contributed by atoms with Gasteiger partial charge in [0.2, 0.25) is 5.91 Å². The van der Waals surface area contributed by atoms with Crippen LogP contribution in [0.5, 0.6) is 0 Å². The van der Waals surface area contributed by atoms with Crippen molar-refractivity contribution in [2.24, 2.45) is 0 Å². The van der Waals surface area contributed by atoms with Crippen LogP contribution in [-0.4, -0.2) is 27.9 Å². The second-order valence-corrected chi connectivity index (χ2v) is 6.18. The molecule has 0 aliphatic rings. The van der Waals surface area contributed by atoms with E-state index in [1.165, 1.54) is 16.2 Å². The molecule has 1 aromatic heterocycles. The van der Waals surface area contributed by atoms with E-state index in [9.17, 15) is 14.7 Å². The van der Waals surface area contributed by atoms with Gasteiger partial charge in [0.25, 0.3) is 0 Å². The Morgan fingerprint density at radius 2 is 1.82 bits per heavy atom. The fourth-order valence-electron chi connectivity index (χ4n) is 2.23. The van der Waals surface area contributed by atoms with Gasteiger partial charge in [-0.3, -0.25) is 4.79 Å². The van der Waals surface area contributed by atoms with Crippen LogP contribution in [0.1, 0.15) is 30.2 Å². The van der Waals surface area contributed by atoms with Gasteiger partial charge in [0.05, 0.1) is 5.92 Å². The molecule has 2 aromatic rings. The van der Waals surface area contributed by atoms with E-state index >= 15 is 0 Å². The summed E-state index contributed by atoms with van der Waals surface area (Å²) in [7, 11) is 0. The molecule has 0 bridgehead atoms. The van der Waals surface area contributed by atoms with Gasteiger partial charge in [-0.05, 0) is 30.9 Å². The number of carboxylic acid groups (broad SMARTS) is 1. The van der Waals surface area contributed by atoms with Crippen molar-refractivity contribution in [3.05, 3.63) is 58.3 Å². The molecule has 0 radical (unpaired) electrons. The molecule has 2 unspecified atom stereocenters. The first kappa shape index (κ1) is 16.2. The molecule has 2 atom stereocenters. The number of hydrogen-bond acceptors (Lipinski definition) is 3. The fourth-order valence-corrected chi connectivity index (χ4v) is 3.00. The van der Waals surface area contributed by atoms with Crippen molar-refractivity contribution in [3.63, 3.8) is 0 Å². The predicted octanol–water partition coefficient (Wildman–Crippen LogP) is 3.35. The minimum Gasteiger partial charge on any atom is -0.480 e. The zero-order valence-electron chi connectivity index (χ0n) is 12.6. The van der Waals surface area contributed by atoms with Crippen LogP contribution < -0.4 is 0 Å². The molecule has 2 rings (SSSR count). The Kier molecular flexibility index (Phi) is 5.33. The minimum atomic E-state index is -0.998. The lowest BCUT2D eigenvalue weighted by molar-refractivity contribution is -0.150. The van der Waals surface area contributed by atoms with Gasteiger partial charge < -0.3 is 10.0 Å². The monoisotopic (exact) mass is 317 g/mol. The number of nitrogens with zero attached hydrogens (tertiary/aromatic N) is 1. The Balaban J connectivity index is 2.24. The normalized spacial score (nSPS) is 13.4. The SMILES string of the molecule is CC(C(=O)N(Cc1ccccc1)C(C)C(=O)O)c1cccs1. The highest BCUT2D eigenvalue weighted by molar-refractivity contribution is 7.10. The maximum atomic E-state index is 12.8. The third kappa shape index (κ3) is 3.74. The first-order valence-corrected chi connectivity index (χ1v) is 7.99. The lowest BCUT2D eigenvalue weighted by atomic mass is 10.1. The standard InChI is InChI=1S/C17H19NO3S/c1-12(15-9-6-10-22-15)16(19)18(13(2)17(20)21)11-14-7-4-3-5-8-14/h3-10,12-13H,11H2,1-2H3,(H,20,21). The average Bonchev–Trinajstić information content (AvgIpc) is 3.06. The van der Waals surface area contributed by atoms with Crippen molar-refractivity contribution in [1.82, 2.24) is 4.90 Å². The lowest BCUT2D eigenvalue weighted by Gasteiger charge is -2.29. The van der Waals surface area contributed by atoms with Crippen molar-refractivity contribution in [3.8, 4) is 0 Å².